The molecule has 1 aromatic heterocycles. The number of aromatic nitrogens is 2. The van der Waals surface area contributed by atoms with Crippen molar-refractivity contribution in [1.82, 2.24) is 15.3 Å². The zero-order chi connectivity index (χ0) is 11.6. The third-order valence-corrected chi connectivity index (χ3v) is 3.29. The number of rotatable bonds is 3. The van der Waals surface area contributed by atoms with Crippen molar-refractivity contribution in [3.63, 3.8) is 0 Å². The van der Waals surface area contributed by atoms with Crippen LogP contribution in [0.15, 0.2) is 18.7 Å². The van der Waals surface area contributed by atoms with Gasteiger partial charge in [0, 0.05) is 24.0 Å². The average Bonchev–Trinajstić information content (AvgIpc) is 2.24. The molecule has 1 aliphatic carbocycles. The van der Waals surface area contributed by atoms with Crippen LogP contribution >= 0.6 is 0 Å². The first-order valence-electron chi connectivity index (χ1n) is 5.67. The molecular formula is C12H17N3O. The van der Waals surface area contributed by atoms with E-state index in [1.807, 2.05) is 13.8 Å². The Hall–Kier alpha value is -1.45. The Morgan fingerprint density at radius 1 is 1.38 bits per heavy atom. The largest absolute Gasteiger partial charge is 0.353 e. The van der Waals surface area contributed by atoms with Gasteiger partial charge in [0.2, 0.25) is 5.91 Å². The number of nitrogens with zero attached hydrogens (tertiary/aromatic N) is 2. The second kappa shape index (κ2) is 4.20. The highest BCUT2D eigenvalue weighted by atomic mass is 16.2. The zero-order valence-electron chi connectivity index (χ0n) is 9.73. The quantitative estimate of drug-likeness (QED) is 0.836. The highest BCUT2D eigenvalue weighted by Gasteiger charge is 2.32. The fraction of sp³-hybridized carbons (Fsp3) is 0.583. The molecule has 0 atom stereocenters. The summed E-state index contributed by atoms with van der Waals surface area (Å²) >= 11 is 0. The van der Waals surface area contributed by atoms with Crippen LogP contribution in [0.4, 0.5) is 0 Å². The van der Waals surface area contributed by atoms with Gasteiger partial charge in [0.25, 0.3) is 0 Å². The van der Waals surface area contributed by atoms with Crippen LogP contribution in [-0.4, -0.2) is 21.9 Å². The number of carbonyl (C=O) groups excluding carboxylic acids is 1. The highest BCUT2D eigenvalue weighted by molar-refractivity contribution is 5.87. The van der Waals surface area contributed by atoms with Crippen LogP contribution in [-0.2, 0) is 10.2 Å². The first-order valence-corrected chi connectivity index (χ1v) is 5.67. The molecule has 1 heterocycles. The summed E-state index contributed by atoms with van der Waals surface area (Å²) in [6.07, 6.45) is 8.31. The molecule has 0 radical (unpaired) electrons. The van der Waals surface area contributed by atoms with Gasteiger partial charge in [-0.15, -0.1) is 0 Å². The van der Waals surface area contributed by atoms with Crippen LogP contribution < -0.4 is 5.32 Å². The van der Waals surface area contributed by atoms with Gasteiger partial charge in [0.05, 0.1) is 5.41 Å². The summed E-state index contributed by atoms with van der Waals surface area (Å²) in [4.78, 5) is 20.0. The van der Waals surface area contributed by atoms with Crippen molar-refractivity contribution in [3.8, 4) is 0 Å². The second-order valence-corrected chi connectivity index (χ2v) is 4.85. The van der Waals surface area contributed by atoms with Crippen LogP contribution in [0.2, 0.25) is 0 Å². The molecule has 1 amide bonds. The number of hydrogen-bond donors (Lipinski definition) is 1. The molecule has 0 aromatic carbocycles. The molecule has 0 bridgehead atoms. The molecule has 0 aliphatic heterocycles. The van der Waals surface area contributed by atoms with Gasteiger partial charge in [0.15, 0.2) is 0 Å². The molecule has 1 fully saturated rings. The van der Waals surface area contributed by atoms with Gasteiger partial charge in [-0.3, -0.25) is 4.79 Å². The molecule has 0 saturated heterocycles. The molecule has 86 valence electrons. The lowest BCUT2D eigenvalue weighted by Gasteiger charge is -2.31. The van der Waals surface area contributed by atoms with Crippen molar-refractivity contribution in [3.05, 3.63) is 24.3 Å². The van der Waals surface area contributed by atoms with E-state index in [0.717, 1.165) is 18.4 Å². The van der Waals surface area contributed by atoms with E-state index in [-0.39, 0.29) is 5.91 Å². The van der Waals surface area contributed by atoms with Gasteiger partial charge < -0.3 is 5.32 Å². The van der Waals surface area contributed by atoms with Crippen molar-refractivity contribution in [2.75, 3.05) is 0 Å². The fourth-order valence-corrected chi connectivity index (χ4v) is 1.67. The third-order valence-electron chi connectivity index (χ3n) is 3.29. The third kappa shape index (κ3) is 2.05. The minimum absolute atomic E-state index is 0.0620. The van der Waals surface area contributed by atoms with Crippen molar-refractivity contribution in [2.45, 2.75) is 44.6 Å². The van der Waals surface area contributed by atoms with Crippen LogP contribution in [0.5, 0.6) is 0 Å². The molecule has 0 unspecified atom stereocenters. The lowest BCUT2D eigenvalue weighted by molar-refractivity contribution is -0.126. The van der Waals surface area contributed by atoms with Gasteiger partial charge in [-0.05, 0) is 33.1 Å². The maximum atomic E-state index is 12.1. The first kappa shape index (κ1) is 11.0. The molecule has 1 saturated carbocycles. The molecular weight excluding hydrogens is 202 g/mol. The Balaban J connectivity index is 2.08. The Bertz CT molecular complexity index is 371. The van der Waals surface area contributed by atoms with Crippen LogP contribution in [0.1, 0.15) is 38.7 Å². The Morgan fingerprint density at radius 3 is 2.50 bits per heavy atom. The summed E-state index contributed by atoms with van der Waals surface area (Å²) in [7, 11) is 0. The van der Waals surface area contributed by atoms with E-state index in [4.69, 9.17) is 0 Å². The smallest absolute Gasteiger partial charge is 0.230 e. The molecule has 1 aromatic rings. The van der Waals surface area contributed by atoms with Crippen molar-refractivity contribution in [2.24, 2.45) is 0 Å². The standard InChI is InChI=1S/C12H17N3O/c1-12(2,9-6-13-8-14-7-9)11(16)15-10-4-3-5-10/h6-8,10H,3-5H2,1-2H3,(H,15,16). The van der Waals surface area contributed by atoms with Gasteiger partial charge in [-0.25, -0.2) is 9.97 Å². The van der Waals surface area contributed by atoms with E-state index in [1.54, 1.807) is 12.4 Å². The summed E-state index contributed by atoms with van der Waals surface area (Å²) in [5.41, 5.74) is 0.295. The van der Waals surface area contributed by atoms with Crippen molar-refractivity contribution >= 4 is 5.91 Å². The minimum atomic E-state index is -0.559. The Morgan fingerprint density at radius 2 is 2.00 bits per heavy atom. The first-order chi connectivity index (χ1) is 7.60. The average molecular weight is 219 g/mol. The van der Waals surface area contributed by atoms with Gasteiger partial charge >= 0.3 is 0 Å². The molecule has 16 heavy (non-hydrogen) atoms. The van der Waals surface area contributed by atoms with Gasteiger partial charge in [0.1, 0.15) is 6.33 Å². The summed E-state index contributed by atoms with van der Waals surface area (Å²) in [6, 6.07) is 0.372. The predicted molar refractivity (Wildman–Crippen MR) is 60.8 cm³/mol. The maximum Gasteiger partial charge on any atom is 0.230 e. The molecule has 4 heteroatoms. The molecule has 2 rings (SSSR count). The van der Waals surface area contributed by atoms with Crippen molar-refractivity contribution < 1.29 is 4.79 Å². The Labute approximate surface area is 95.5 Å². The molecule has 1 N–H and O–H groups in total. The number of amides is 1. The second-order valence-electron chi connectivity index (χ2n) is 4.85. The lowest BCUT2D eigenvalue weighted by atomic mass is 9.84. The van der Waals surface area contributed by atoms with E-state index in [9.17, 15) is 4.79 Å². The normalized spacial score (nSPS) is 16.6. The summed E-state index contributed by atoms with van der Waals surface area (Å²) in [5.74, 6) is 0.0620. The predicted octanol–water partition coefficient (Wildman–Crippen LogP) is 1.42. The molecule has 4 nitrogen and oxygen atoms in total. The van der Waals surface area contributed by atoms with E-state index in [1.165, 1.54) is 12.7 Å². The van der Waals surface area contributed by atoms with Crippen LogP contribution in [0.25, 0.3) is 0 Å². The number of hydrogen-bond acceptors (Lipinski definition) is 3. The highest BCUT2D eigenvalue weighted by Crippen LogP contribution is 2.24. The number of carbonyl (C=O) groups is 1. The van der Waals surface area contributed by atoms with E-state index in [2.05, 4.69) is 15.3 Å². The zero-order valence-corrected chi connectivity index (χ0v) is 9.73. The summed E-state index contributed by atoms with van der Waals surface area (Å²) in [6.45, 7) is 3.80. The molecule has 1 aliphatic rings. The fourth-order valence-electron chi connectivity index (χ4n) is 1.67. The number of nitrogens with one attached hydrogen (secondary N) is 1. The van der Waals surface area contributed by atoms with E-state index < -0.39 is 5.41 Å². The minimum Gasteiger partial charge on any atom is -0.353 e. The summed E-state index contributed by atoms with van der Waals surface area (Å²) < 4.78 is 0. The molecule has 0 spiro atoms. The van der Waals surface area contributed by atoms with E-state index >= 15 is 0 Å². The topological polar surface area (TPSA) is 54.9 Å². The van der Waals surface area contributed by atoms with Gasteiger partial charge in [-0.1, -0.05) is 0 Å². The Kier molecular flexibility index (Phi) is 2.90. The van der Waals surface area contributed by atoms with Crippen molar-refractivity contribution in [1.29, 1.82) is 0 Å². The maximum absolute atomic E-state index is 12.1. The monoisotopic (exact) mass is 219 g/mol. The van der Waals surface area contributed by atoms with Crippen LogP contribution in [0.3, 0.4) is 0 Å². The van der Waals surface area contributed by atoms with Crippen LogP contribution in [0, 0.1) is 0 Å². The van der Waals surface area contributed by atoms with Gasteiger partial charge in [-0.2, -0.15) is 0 Å². The lowest BCUT2D eigenvalue weighted by Crippen LogP contribution is -2.47. The SMILES string of the molecule is CC(C)(C(=O)NC1CCC1)c1cncnc1. The summed E-state index contributed by atoms with van der Waals surface area (Å²) in [5, 5.41) is 3.06. The van der Waals surface area contributed by atoms with E-state index in [0.29, 0.717) is 6.04 Å².